The van der Waals surface area contributed by atoms with Crippen LogP contribution in [-0.2, 0) is 4.79 Å². The highest BCUT2D eigenvalue weighted by Gasteiger charge is 2.37. The van der Waals surface area contributed by atoms with Gasteiger partial charge in [-0.3, -0.25) is 4.79 Å². The molecule has 7 heteroatoms. The van der Waals surface area contributed by atoms with Crippen molar-refractivity contribution in [2.45, 2.75) is 56.7 Å². The van der Waals surface area contributed by atoms with Gasteiger partial charge in [-0.05, 0) is 62.8 Å². The Hall–Kier alpha value is -2.28. The molecule has 0 aromatic heterocycles. The van der Waals surface area contributed by atoms with Crippen molar-refractivity contribution in [1.82, 2.24) is 9.80 Å². The van der Waals surface area contributed by atoms with Gasteiger partial charge in [0.25, 0.3) is 0 Å². The number of ether oxygens (including phenoxy) is 1. The third-order valence-corrected chi connectivity index (χ3v) is 5.53. The molecule has 3 amide bonds. The van der Waals surface area contributed by atoms with Crippen molar-refractivity contribution in [1.29, 1.82) is 0 Å². The van der Waals surface area contributed by atoms with Crippen molar-refractivity contribution in [2.24, 2.45) is 0 Å². The van der Waals surface area contributed by atoms with Gasteiger partial charge in [0.2, 0.25) is 5.91 Å². The van der Waals surface area contributed by atoms with E-state index in [-0.39, 0.29) is 24.9 Å². The summed E-state index contributed by atoms with van der Waals surface area (Å²) < 4.78 is 5.94. The number of carbonyl (C=O) groups is 2. The Bertz CT molecular complexity index is 685. The van der Waals surface area contributed by atoms with Crippen molar-refractivity contribution in [3.05, 3.63) is 24.3 Å². The molecule has 1 heterocycles. The molecule has 1 atom stereocenters. The van der Waals surface area contributed by atoms with Crippen molar-refractivity contribution in [3.63, 3.8) is 0 Å². The van der Waals surface area contributed by atoms with Crippen LogP contribution in [0.15, 0.2) is 24.3 Å². The zero-order chi connectivity index (χ0) is 20.1. The number of hydrogen-bond donors (Lipinski definition) is 2. The van der Waals surface area contributed by atoms with Crippen LogP contribution in [-0.4, -0.2) is 65.7 Å². The van der Waals surface area contributed by atoms with E-state index in [1.165, 1.54) is 17.7 Å². The van der Waals surface area contributed by atoms with Crippen LogP contribution in [0.25, 0.3) is 0 Å². The van der Waals surface area contributed by atoms with Gasteiger partial charge in [0.15, 0.2) is 0 Å². The summed E-state index contributed by atoms with van der Waals surface area (Å²) in [7, 11) is 3.33. The van der Waals surface area contributed by atoms with Crippen molar-refractivity contribution >= 4 is 17.6 Å². The van der Waals surface area contributed by atoms with Gasteiger partial charge < -0.3 is 25.0 Å². The highest BCUT2D eigenvalue weighted by molar-refractivity contribution is 5.89. The van der Waals surface area contributed by atoms with Gasteiger partial charge in [-0.15, -0.1) is 0 Å². The number of nitrogens with one attached hydrogen (secondary N) is 1. The first-order chi connectivity index (χ1) is 13.3. The lowest BCUT2D eigenvalue weighted by Crippen LogP contribution is -2.53. The number of benzene rings is 1. The van der Waals surface area contributed by atoms with E-state index in [0.29, 0.717) is 31.2 Å². The SMILES string of the molecule is CN(C)C(=O)CC1(O)CCCN(C(=O)Nc2ccc(OC3CCCC3)cc2)C1. The Balaban J connectivity index is 1.54. The Labute approximate surface area is 166 Å². The molecule has 1 aromatic carbocycles. The lowest BCUT2D eigenvalue weighted by Gasteiger charge is -2.39. The summed E-state index contributed by atoms with van der Waals surface area (Å²) in [5, 5.41) is 13.6. The third kappa shape index (κ3) is 5.38. The molecule has 1 saturated heterocycles. The number of nitrogens with zero attached hydrogens (tertiary/aromatic N) is 2. The Morgan fingerprint density at radius 1 is 1.21 bits per heavy atom. The predicted octanol–water partition coefficient (Wildman–Crippen LogP) is 2.85. The number of anilines is 1. The summed E-state index contributed by atoms with van der Waals surface area (Å²) in [5.74, 6) is 0.682. The van der Waals surface area contributed by atoms with Crippen molar-refractivity contribution < 1.29 is 19.4 Å². The van der Waals surface area contributed by atoms with Crippen LogP contribution < -0.4 is 10.1 Å². The number of carbonyl (C=O) groups excluding carboxylic acids is 2. The largest absolute Gasteiger partial charge is 0.490 e. The zero-order valence-corrected chi connectivity index (χ0v) is 16.8. The lowest BCUT2D eigenvalue weighted by molar-refractivity contribution is -0.135. The zero-order valence-electron chi connectivity index (χ0n) is 16.8. The van der Waals surface area contributed by atoms with Crippen LogP contribution in [0.4, 0.5) is 10.5 Å². The van der Waals surface area contributed by atoms with Crippen LogP contribution in [0.2, 0.25) is 0 Å². The molecule has 2 N–H and O–H groups in total. The predicted molar refractivity (Wildman–Crippen MR) is 107 cm³/mol. The molecule has 2 aliphatic rings. The number of β-amino-alcohol motifs (C(OH)–C–C–N with tert-alkyl or cyclic N) is 1. The molecule has 1 aliphatic carbocycles. The maximum Gasteiger partial charge on any atom is 0.321 e. The highest BCUT2D eigenvalue weighted by atomic mass is 16.5. The fraction of sp³-hybridized carbons (Fsp3) is 0.619. The molecule has 1 saturated carbocycles. The van der Waals surface area contributed by atoms with Crippen LogP contribution >= 0.6 is 0 Å². The number of aliphatic hydroxyl groups is 1. The number of hydrogen-bond acceptors (Lipinski definition) is 4. The van der Waals surface area contributed by atoms with Gasteiger partial charge in [-0.2, -0.15) is 0 Å². The van der Waals surface area contributed by atoms with E-state index < -0.39 is 5.60 Å². The van der Waals surface area contributed by atoms with E-state index >= 15 is 0 Å². The second-order valence-electron chi connectivity index (χ2n) is 8.19. The third-order valence-electron chi connectivity index (χ3n) is 5.53. The minimum atomic E-state index is -1.17. The summed E-state index contributed by atoms with van der Waals surface area (Å²) in [5.41, 5.74) is -0.488. The molecule has 28 heavy (non-hydrogen) atoms. The molecule has 1 aromatic rings. The van der Waals surface area contributed by atoms with Crippen LogP contribution in [0.1, 0.15) is 44.9 Å². The monoisotopic (exact) mass is 389 g/mol. The quantitative estimate of drug-likeness (QED) is 0.811. The summed E-state index contributed by atoms with van der Waals surface area (Å²) >= 11 is 0. The van der Waals surface area contributed by atoms with E-state index in [4.69, 9.17) is 4.74 Å². The highest BCUT2D eigenvalue weighted by Crippen LogP contribution is 2.27. The Morgan fingerprint density at radius 3 is 2.54 bits per heavy atom. The van der Waals surface area contributed by atoms with E-state index in [0.717, 1.165) is 18.6 Å². The van der Waals surface area contributed by atoms with Crippen LogP contribution in [0.5, 0.6) is 5.75 Å². The van der Waals surface area contributed by atoms with Gasteiger partial charge in [-0.1, -0.05) is 0 Å². The number of likely N-dealkylation sites (tertiary alicyclic amines) is 1. The van der Waals surface area contributed by atoms with E-state index in [1.54, 1.807) is 19.0 Å². The molecule has 2 fully saturated rings. The van der Waals surface area contributed by atoms with Gasteiger partial charge in [0, 0.05) is 26.3 Å². The van der Waals surface area contributed by atoms with E-state index in [2.05, 4.69) is 5.32 Å². The van der Waals surface area contributed by atoms with Gasteiger partial charge in [-0.25, -0.2) is 4.79 Å². The van der Waals surface area contributed by atoms with Gasteiger partial charge in [0.1, 0.15) is 5.75 Å². The summed E-state index contributed by atoms with van der Waals surface area (Å²) in [6, 6.07) is 7.13. The minimum absolute atomic E-state index is 0.0248. The normalized spacial score (nSPS) is 22.8. The number of urea groups is 1. The fourth-order valence-corrected chi connectivity index (χ4v) is 3.89. The second-order valence-corrected chi connectivity index (χ2v) is 8.19. The number of rotatable bonds is 5. The molecule has 0 spiro atoms. The second kappa shape index (κ2) is 8.82. The molecule has 1 unspecified atom stereocenters. The van der Waals surface area contributed by atoms with E-state index in [9.17, 15) is 14.7 Å². The first kappa shape index (κ1) is 20.5. The molecule has 1 aliphatic heterocycles. The van der Waals surface area contributed by atoms with Gasteiger partial charge in [0.05, 0.1) is 24.7 Å². The standard InChI is InChI=1S/C21H31N3O4/c1-23(2)19(25)14-21(27)12-5-13-24(15-21)20(26)22-16-8-10-18(11-9-16)28-17-6-3-4-7-17/h8-11,17,27H,3-7,12-15H2,1-2H3,(H,22,26). The number of amides is 3. The van der Waals surface area contributed by atoms with Crippen molar-refractivity contribution in [3.8, 4) is 5.75 Å². The van der Waals surface area contributed by atoms with E-state index in [1.807, 2.05) is 24.3 Å². The first-order valence-electron chi connectivity index (χ1n) is 10.1. The Morgan fingerprint density at radius 2 is 1.89 bits per heavy atom. The summed E-state index contributed by atoms with van der Waals surface area (Å²) in [4.78, 5) is 27.6. The van der Waals surface area contributed by atoms with Crippen LogP contribution in [0.3, 0.4) is 0 Å². The lowest BCUT2D eigenvalue weighted by atomic mass is 9.89. The van der Waals surface area contributed by atoms with Gasteiger partial charge >= 0.3 is 6.03 Å². The molecular weight excluding hydrogens is 358 g/mol. The topological polar surface area (TPSA) is 82.1 Å². The Kier molecular flexibility index (Phi) is 6.44. The maximum absolute atomic E-state index is 12.6. The first-order valence-corrected chi connectivity index (χ1v) is 10.1. The molecular formula is C21H31N3O4. The molecule has 7 nitrogen and oxygen atoms in total. The van der Waals surface area contributed by atoms with Crippen molar-refractivity contribution in [2.75, 3.05) is 32.5 Å². The molecule has 154 valence electrons. The fourth-order valence-electron chi connectivity index (χ4n) is 3.89. The summed E-state index contributed by atoms with van der Waals surface area (Å²) in [6.45, 7) is 0.717. The average molecular weight is 389 g/mol. The molecule has 3 rings (SSSR count). The van der Waals surface area contributed by atoms with Crippen LogP contribution in [0, 0.1) is 0 Å². The maximum atomic E-state index is 12.6. The summed E-state index contributed by atoms with van der Waals surface area (Å²) in [6.07, 6.45) is 6.16. The average Bonchev–Trinajstić information content (AvgIpc) is 3.16. The number of piperidine rings is 1. The minimum Gasteiger partial charge on any atom is -0.490 e. The molecule has 0 bridgehead atoms. The smallest absolute Gasteiger partial charge is 0.321 e. The molecule has 0 radical (unpaired) electrons.